The fraction of sp³-hybridized carbons (Fsp3) is 0.500. The number of carbonyl (C=O) groups excluding carboxylic acids is 1. The van der Waals surface area contributed by atoms with Crippen molar-refractivity contribution in [2.24, 2.45) is 5.92 Å². The average molecular weight is 352 g/mol. The van der Waals surface area contributed by atoms with E-state index in [-0.39, 0.29) is 11.3 Å². The molecule has 1 rings (SSSR count). The number of benzene rings is 1. The van der Waals surface area contributed by atoms with Crippen molar-refractivity contribution in [3.05, 3.63) is 39.9 Å². The number of thiocarbonyl (C=S) groups is 1. The van der Waals surface area contributed by atoms with Crippen molar-refractivity contribution in [1.29, 1.82) is 0 Å². The smallest absolute Gasteiger partial charge is 0.270 e. The standard InChI is InChI=1S/C16H24N4O3S/c1-3-4-5-7-12(2)11-17-16(24)19-18-15(21)13-8-6-9-14(10-13)20(22)23/h6,8-10,12H,3-5,7,11H2,1-2H3,(H,18,21)(H2,17,19,24)/t12-/m1/s1. The first kappa shape index (κ1) is 19.8. The number of rotatable bonds is 8. The molecule has 1 aromatic rings. The van der Waals surface area contributed by atoms with E-state index in [9.17, 15) is 14.9 Å². The quantitative estimate of drug-likeness (QED) is 0.288. The maximum Gasteiger partial charge on any atom is 0.270 e. The highest BCUT2D eigenvalue weighted by atomic mass is 32.1. The summed E-state index contributed by atoms with van der Waals surface area (Å²) in [4.78, 5) is 22.1. The van der Waals surface area contributed by atoms with Crippen LogP contribution in [-0.2, 0) is 0 Å². The Hall–Kier alpha value is -2.22. The summed E-state index contributed by atoms with van der Waals surface area (Å²) in [5.41, 5.74) is 5.08. The van der Waals surface area contributed by atoms with Crippen LogP contribution in [0.1, 0.15) is 49.9 Å². The van der Waals surface area contributed by atoms with Crippen molar-refractivity contribution in [2.45, 2.75) is 39.5 Å². The highest BCUT2D eigenvalue weighted by Gasteiger charge is 2.11. The van der Waals surface area contributed by atoms with Crippen molar-refractivity contribution in [2.75, 3.05) is 6.54 Å². The maximum atomic E-state index is 12.0. The fourth-order valence-electron chi connectivity index (χ4n) is 2.10. The number of carbonyl (C=O) groups is 1. The lowest BCUT2D eigenvalue weighted by atomic mass is 10.0. The summed E-state index contributed by atoms with van der Waals surface area (Å²) in [5.74, 6) is 0.00242. The molecule has 0 aliphatic rings. The molecule has 0 aliphatic heterocycles. The number of non-ortho nitro benzene ring substituents is 1. The van der Waals surface area contributed by atoms with E-state index < -0.39 is 10.8 Å². The van der Waals surface area contributed by atoms with Crippen LogP contribution >= 0.6 is 12.2 Å². The molecule has 0 saturated heterocycles. The molecule has 1 atom stereocenters. The van der Waals surface area contributed by atoms with E-state index in [4.69, 9.17) is 12.2 Å². The molecule has 1 aromatic carbocycles. The van der Waals surface area contributed by atoms with Crippen molar-refractivity contribution in [3.8, 4) is 0 Å². The van der Waals surface area contributed by atoms with Crippen molar-refractivity contribution >= 4 is 28.9 Å². The van der Waals surface area contributed by atoms with Gasteiger partial charge in [-0.15, -0.1) is 0 Å². The number of nitrogens with zero attached hydrogens (tertiary/aromatic N) is 1. The van der Waals surface area contributed by atoms with E-state index in [0.717, 1.165) is 13.0 Å². The Labute approximate surface area is 147 Å². The molecule has 0 radical (unpaired) electrons. The Balaban J connectivity index is 2.35. The van der Waals surface area contributed by atoms with Gasteiger partial charge in [-0.3, -0.25) is 25.8 Å². The normalized spacial score (nSPS) is 11.4. The number of unbranched alkanes of at least 4 members (excludes halogenated alkanes) is 2. The van der Waals surface area contributed by atoms with Gasteiger partial charge in [-0.2, -0.15) is 0 Å². The van der Waals surface area contributed by atoms with E-state index in [1.54, 1.807) is 0 Å². The van der Waals surface area contributed by atoms with Crippen molar-refractivity contribution in [1.82, 2.24) is 16.2 Å². The molecule has 0 aliphatic carbocycles. The molecular formula is C16H24N4O3S. The second-order valence-electron chi connectivity index (χ2n) is 5.70. The van der Waals surface area contributed by atoms with Gasteiger partial charge in [-0.05, 0) is 30.6 Å². The zero-order valence-electron chi connectivity index (χ0n) is 14.0. The number of hydrogen-bond donors (Lipinski definition) is 3. The minimum Gasteiger partial charge on any atom is -0.361 e. The predicted molar refractivity (Wildman–Crippen MR) is 97.6 cm³/mol. The first-order valence-corrected chi connectivity index (χ1v) is 8.43. The lowest BCUT2D eigenvalue weighted by Gasteiger charge is -2.15. The van der Waals surface area contributed by atoms with Crippen LogP contribution in [0.5, 0.6) is 0 Å². The van der Waals surface area contributed by atoms with E-state index >= 15 is 0 Å². The van der Waals surface area contributed by atoms with E-state index in [0.29, 0.717) is 11.0 Å². The largest absolute Gasteiger partial charge is 0.361 e. The minimum absolute atomic E-state index is 0.135. The Morgan fingerprint density at radius 2 is 2.08 bits per heavy atom. The number of nitro groups is 1. The average Bonchev–Trinajstić information content (AvgIpc) is 2.58. The van der Waals surface area contributed by atoms with Crippen LogP contribution in [0.4, 0.5) is 5.69 Å². The SMILES string of the molecule is CCCCC[C@@H](C)CNC(=S)NNC(=O)c1cccc([N+](=O)[O-])c1. The zero-order chi connectivity index (χ0) is 17.9. The van der Waals surface area contributed by atoms with Gasteiger partial charge in [0, 0.05) is 24.2 Å². The molecule has 132 valence electrons. The second kappa shape index (κ2) is 10.5. The highest BCUT2D eigenvalue weighted by Crippen LogP contribution is 2.12. The summed E-state index contributed by atoms with van der Waals surface area (Å²) < 4.78 is 0. The van der Waals surface area contributed by atoms with Crippen molar-refractivity contribution in [3.63, 3.8) is 0 Å². The molecule has 7 nitrogen and oxygen atoms in total. The highest BCUT2D eigenvalue weighted by molar-refractivity contribution is 7.80. The van der Waals surface area contributed by atoms with Crippen LogP contribution in [0.25, 0.3) is 0 Å². The maximum absolute atomic E-state index is 12.0. The molecule has 0 heterocycles. The van der Waals surface area contributed by atoms with Gasteiger partial charge < -0.3 is 5.32 Å². The monoisotopic (exact) mass is 352 g/mol. The van der Waals surface area contributed by atoms with Gasteiger partial charge in [0.05, 0.1) is 4.92 Å². The van der Waals surface area contributed by atoms with Crippen molar-refractivity contribution < 1.29 is 9.72 Å². The molecular weight excluding hydrogens is 328 g/mol. The van der Waals surface area contributed by atoms with E-state index in [1.165, 1.54) is 43.5 Å². The molecule has 0 unspecified atom stereocenters. The lowest BCUT2D eigenvalue weighted by molar-refractivity contribution is -0.384. The third-order valence-corrected chi connectivity index (χ3v) is 3.77. The van der Waals surface area contributed by atoms with Gasteiger partial charge in [0.1, 0.15) is 0 Å². The first-order chi connectivity index (χ1) is 11.4. The van der Waals surface area contributed by atoms with Crippen LogP contribution in [0, 0.1) is 16.0 Å². The third-order valence-electron chi connectivity index (χ3n) is 3.52. The second-order valence-corrected chi connectivity index (χ2v) is 6.11. The number of nitrogens with one attached hydrogen (secondary N) is 3. The number of amides is 1. The Bertz CT molecular complexity index is 580. The van der Waals surface area contributed by atoms with Gasteiger partial charge in [0.25, 0.3) is 11.6 Å². The van der Waals surface area contributed by atoms with Crippen LogP contribution in [0.2, 0.25) is 0 Å². The summed E-state index contributed by atoms with van der Waals surface area (Å²) in [6.45, 7) is 5.04. The minimum atomic E-state index is -0.545. The van der Waals surface area contributed by atoms with Gasteiger partial charge in [0.2, 0.25) is 0 Å². The summed E-state index contributed by atoms with van der Waals surface area (Å²) in [5, 5.41) is 14.1. The molecule has 0 fully saturated rings. The van der Waals surface area contributed by atoms with Crippen LogP contribution in [0.3, 0.4) is 0 Å². The summed E-state index contributed by atoms with van der Waals surface area (Å²) in [7, 11) is 0. The first-order valence-electron chi connectivity index (χ1n) is 8.02. The molecule has 3 N–H and O–H groups in total. The third kappa shape index (κ3) is 7.36. The molecule has 0 saturated carbocycles. The molecule has 24 heavy (non-hydrogen) atoms. The lowest BCUT2D eigenvalue weighted by Crippen LogP contribution is -2.47. The summed E-state index contributed by atoms with van der Waals surface area (Å²) >= 11 is 5.10. The summed E-state index contributed by atoms with van der Waals surface area (Å²) in [6.07, 6.45) is 4.75. The predicted octanol–water partition coefficient (Wildman–Crippen LogP) is 2.92. The molecule has 0 aromatic heterocycles. The molecule has 1 amide bonds. The van der Waals surface area contributed by atoms with Gasteiger partial charge in [-0.1, -0.05) is 39.2 Å². The van der Waals surface area contributed by atoms with Gasteiger partial charge in [-0.25, -0.2) is 0 Å². The Morgan fingerprint density at radius 3 is 2.75 bits per heavy atom. The van der Waals surface area contributed by atoms with Gasteiger partial charge >= 0.3 is 0 Å². The molecule has 0 spiro atoms. The van der Waals surface area contributed by atoms with E-state index in [1.807, 2.05) is 0 Å². The fourth-order valence-corrected chi connectivity index (χ4v) is 2.24. The van der Waals surface area contributed by atoms with Crippen LogP contribution < -0.4 is 16.2 Å². The summed E-state index contributed by atoms with van der Waals surface area (Å²) in [6, 6.07) is 5.50. The molecule has 0 bridgehead atoms. The Morgan fingerprint density at radius 1 is 1.33 bits per heavy atom. The molecule has 8 heteroatoms. The number of hydrogen-bond acceptors (Lipinski definition) is 4. The van der Waals surface area contributed by atoms with Gasteiger partial charge in [0.15, 0.2) is 5.11 Å². The van der Waals surface area contributed by atoms with Crippen LogP contribution in [-0.4, -0.2) is 22.5 Å². The number of hydrazine groups is 1. The Kier molecular flexibility index (Phi) is 8.70. The van der Waals surface area contributed by atoms with Crippen LogP contribution in [0.15, 0.2) is 24.3 Å². The topological polar surface area (TPSA) is 96.3 Å². The zero-order valence-corrected chi connectivity index (χ0v) is 14.8. The van der Waals surface area contributed by atoms with E-state index in [2.05, 4.69) is 30.0 Å². The number of nitro benzene ring substituents is 1.